The summed E-state index contributed by atoms with van der Waals surface area (Å²) in [6.45, 7) is 3.56. The normalized spacial score (nSPS) is 16.4. The van der Waals surface area contributed by atoms with Gasteiger partial charge in [0.05, 0.1) is 27.7 Å². The van der Waals surface area contributed by atoms with Crippen molar-refractivity contribution >= 4 is 32.4 Å². The van der Waals surface area contributed by atoms with Gasteiger partial charge >= 0.3 is 5.69 Å². The van der Waals surface area contributed by atoms with Gasteiger partial charge < -0.3 is 5.32 Å². The van der Waals surface area contributed by atoms with E-state index in [-0.39, 0.29) is 34.0 Å². The lowest BCUT2D eigenvalue weighted by Gasteiger charge is -2.35. The number of piperidine rings is 1. The molecule has 0 saturated carbocycles. The number of likely N-dealkylation sites (tertiary alicyclic amines) is 1. The molecule has 1 fully saturated rings. The number of rotatable bonds is 7. The maximum absolute atomic E-state index is 13.1. The van der Waals surface area contributed by atoms with E-state index >= 15 is 0 Å². The summed E-state index contributed by atoms with van der Waals surface area (Å²) < 4.78 is 27.3. The Hall–Kier alpha value is -3.49. The number of hydrogen-bond donors (Lipinski definition) is 1. The van der Waals surface area contributed by atoms with Gasteiger partial charge in [-0.05, 0) is 38.0 Å². The molecule has 4 rings (SSSR count). The number of nitro groups is 1. The van der Waals surface area contributed by atoms with Gasteiger partial charge in [0.2, 0.25) is 0 Å². The number of nitriles is 1. The first-order chi connectivity index (χ1) is 15.8. The molecule has 1 aromatic carbocycles. The van der Waals surface area contributed by atoms with Crippen LogP contribution in [0.1, 0.15) is 26.2 Å². The van der Waals surface area contributed by atoms with E-state index in [9.17, 15) is 18.5 Å². The van der Waals surface area contributed by atoms with Gasteiger partial charge in [-0.2, -0.15) is 5.26 Å². The molecule has 1 saturated heterocycles. The third-order valence-corrected chi connectivity index (χ3v) is 7.73. The Morgan fingerprint density at radius 2 is 1.97 bits per heavy atom. The summed E-state index contributed by atoms with van der Waals surface area (Å²) in [5.41, 5.74) is 0.209. The molecule has 1 aliphatic heterocycles. The number of nitrogens with one attached hydrogen (secondary N) is 1. The second-order valence-corrected chi connectivity index (χ2v) is 9.92. The maximum atomic E-state index is 13.1. The first-order valence-electron chi connectivity index (χ1n) is 10.7. The van der Waals surface area contributed by atoms with Crippen molar-refractivity contribution in [3.8, 4) is 6.07 Å². The van der Waals surface area contributed by atoms with Gasteiger partial charge in [0.15, 0.2) is 5.65 Å². The summed E-state index contributed by atoms with van der Waals surface area (Å²) in [6, 6.07) is 11.9. The number of hydrogen-bond acceptors (Lipinski definition) is 8. The molecule has 172 valence electrons. The summed E-state index contributed by atoms with van der Waals surface area (Å²) in [6.07, 6.45) is 4.43. The van der Waals surface area contributed by atoms with Gasteiger partial charge in [-0.3, -0.25) is 15.0 Å². The van der Waals surface area contributed by atoms with Crippen LogP contribution in [0, 0.1) is 21.4 Å². The lowest BCUT2D eigenvalue weighted by molar-refractivity contribution is -0.384. The van der Waals surface area contributed by atoms with Gasteiger partial charge in [-0.15, -0.1) is 0 Å². The fraction of sp³-hybridized carbons (Fsp3) is 0.364. The Morgan fingerprint density at radius 3 is 2.61 bits per heavy atom. The summed E-state index contributed by atoms with van der Waals surface area (Å²) in [4.78, 5) is 17.7. The van der Waals surface area contributed by atoms with E-state index in [4.69, 9.17) is 5.26 Å². The molecule has 3 aromatic rings. The zero-order valence-corrected chi connectivity index (χ0v) is 18.9. The zero-order chi connectivity index (χ0) is 23.6. The van der Waals surface area contributed by atoms with Crippen LogP contribution < -0.4 is 5.32 Å². The summed E-state index contributed by atoms with van der Waals surface area (Å²) >= 11 is 0. The number of anilines is 1. The zero-order valence-electron chi connectivity index (χ0n) is 18.1. The summed E-state index contributed by atoms with van der Waals surface area (Å²) in [5, 5.41) is 24.3. The van der Waals surface area contributed by atoms with Crippen LogP contribution in [0.25, 0.3) is 11.0 Å². The van der Waals surface area contributed by atoms with Crippen LogP contribution in [0.2, 0.25) is 0 Å². The number of fused-ring (bicyclic) bond motifs is 1. The van der Waals surface area contributed by atoms with E-state index in [0.29, 0.717) is 11.8 Å². The van der Waals surface area contributed by atoms with E-state index in [1.54, 1.807) is 24.3 Å². The molecule has 0 aliphatic carbocycles. The first kappa shape index (κ1) is 22.7. The highest BCUT2D eigenvalue weighted by molar-refractivity contribution is 7.90. The van der Waals surface area contributed by atoms with Crippen LogP contribution in [-0.2, 0) is 10.0 Å². The maximum Gasteiger partial charge on any atom is 0.311 e. The van der Waals surface area contributed by atoms with Crippen molar-refractivity contribution in [2.24, 2.45) is 0 Å². The van der Waals surface area contributed by atoms with E-state index in [1.807, 2.05) is 6.92 Å². The van der Waals surface area contributed by atoms with Gasteiger partial charge in [-0.1, -0.05) is 18.2 Å². The highest BCUT2D eigenvalue weighted by Gasteiger charge is 2.28. The molecule has 1 N–H and O–H groups in total. The first-order valence-corrected chi connectivity index (χ1v) is 12.1. The fourth-order valence-electron chi connectivity index (χ4n) is 4.19. The highest BCUT2D eigenvalue weighted by Crippen LogP contribution is 2.35. The minimum Gasteiger partial charge on any atom is -0.376 e. The monoisotopic (exact) mass is 468 g/mol. The van der Waals surface area contributed by atoms with Crippen LogP contribution >= 0.6 is 0 Å². The van der Waals surface area contributed by atoms with E-state index in [0.717, 1.165) is 36.1 Å². The Labute approximate surface area is 191 Å². The Kier molecular flexibility index (Phi) is 6.31. The van der Waals surface area contributed by atoms with Crippen molar-refractivity contribution in [2.45, 2.75) is 43.2 Å². The topological polar surface area (TPSA) is 134 Å². The molecule has 0 amide bonds. The van der Waals surface area contributed by atoms with Crippen molar-refractivity contribution in [1.29, 1.82) is 5.26 Å². The lowest BCUT2D eigenvalue weighted by atomic mass is 10.0. The van der Waals surface area contributed by atoms with E-state index in [2.05, 4.69) is 21.3 Å². The van der Waals surface area contributed by atoms with Crippen molar-refractivity contribution in [3.63, 3.8) is 0 Å². The molecule has 2 aromatic heterocycles. The molecular weight excluding hydrogens is 444 g/mol. The van der Waals surface area contributed by atoms with Gasteiger partial charge in [-0.25, -0.2) is 17.4 Å². The largest absolute Gasteiger partial charge is 0.376 e. The van der Waals surface area contributed by atoms with E-state index in [1.165, 1.54) is 18.3 Å². The number of aromatic nitrogens is 2. The molecule has 0 bridgehead atoms. The minimum absolute atomic E-state index is 0.0195. The van der Waals surface area contributed by atoms with Crippen LogP contribution in [0.4, 0.5) is 11.4 Å². The fourth-order valence-corrected chi connectivity index (χ4v) is 5.51. The van der Waals surface area contributed by atoms with Gasteiger partial charge in [0.25, 0.3) is 10.0 Å². The summed E-state index contributed by atoms with van der Waals surface area (Å²) in [7, 11) is -3.90. The summed E-state index contributed by atoms with van der Waals surface area (Å²) in [5.74, 6) is 0. The molecule has 11 heteroatoms. The second kappa shape index (κ2) is 9.17. The average molecular weight is 469 g/mol. The van der Waals surface area contributed by atoms with E-state index < -0.39 is 14.9 Å². The Morgan fingerprint density at radius 1 is 1.27 bits per heavy atom. The Balaban J connectivity index is 1.66. The van der Waals surface area contributed by atoms with Crippen LogP contribution in [0.15, 0.2) is 53.7 Å². The molecular formula is C22H24N6O4S. The predicted molar refractivity (Wildman–Crippen MR) is 123 cm³/mol. The molecule has 1 unspecified atom stereocenters. The molecule has 1 atom stereocenters. The van der Waals surface area contributed by atoms with Crippen LogP contribution in [0.5, 0.6) is 0 Å². The number of benzene rings is 1. The number of pyridine rings is 1. The number of nitrogens with zero attached hydrogens (tertiary/aromatic N) is 5. The van der Waals surface area contributed by atoms with Crippen LogP contribution in [0.3, 0.4) is 0 Å². The van der Waals surface area contributed by atoms with Crippen molar-refractivity contribution in [3.05, 3.63) is 58.9 Å². The highest BCUT2D eigenvalue weighted by atomic mass is 32.2. The third kappa shape index (κ3) is 4.40. The van der Waals surface area contributed by atoms with Crippen molar-refractivity contribution in [1.82, 2.24) is 13.9 Å². The lowest BCUT2D eigenvalue weighted by Crippen LogP contribution is -2.43. The quantitative estimate of drug-likeness (QED) is 0.412. The molecule has 0 spiro atoms. The molecule has 0 radical (unpaired) electrons. The van der Waals surface area contributed by atoms with Crippen molar-refractivity contribution < 1.29 is 13.3 Å². The average Bonchev–Trinajstić information content (AvgIpc) is 3.26. The smallest absolute Gasteiger partial charge is 0.311 e. The molecule has 3 heterocycles. The molecule has 1 aliphatic rings. The SMILES string of the molecule is CC(CC#N)N1CCC(Nc2c([N+](=O)[O-])cnc3c2ccn3S(=O)(=O)c2ccccc2)CC1. The van der Waals surface area contributed by atoms with Gasteiger partial charge in [0.1, 0.15) is 11.9 Å². The van der Waals surface area contributed by atoms with Crippen LogP contribution in [-0.4, -0.2) is 52.4 Å². The van der Waals surface area contributed by atoms with Gasteiger partial charge in [0, 0.05) is 31.4 Å². The molecule has 33 heavy (non-hydrogen) atoms. The van der Waals surface area contributed by atoms with Crippen molar-refractivity contribution in [2.75, 3.05) is 18.4 Å². The molecule has 10 nitrogen and oxygen atoms in total. The third-order valence-electron chi connectivity index (χ3n) is 6.05. The second-order valence-electron chi connectivity index (χ2n) is 8.11. The minimum atomic E-state index is -3.90. The Bertz CT molecular complexity index is 1310. The predicted octanol–water partition coefficient (Wildman–Crippen LogP) is 3.36. The standard InChI is InChI=1S/C22H24N6O4S/c1-16(7-11-23)26-12-8-17(9-13-26)25-21-19-10-14-27(22(19)24-15-20(21)28(29)30)33(31,32)18-5-3-2-4-6-18/h2-6,10,14-17H,7-9,12-13H2,1H3,(H,24,25).